The molecule has 0 amide bonds. The highest BCUT2D eigenvalue weighted by atomic mass is 32.1. The Morgan fingerprint density at radius 3 is 1.93 bits per heavy atom. The van der Waals surface area contributed by atoms with Gasteiger partial charge in [-0.25, -0.2) is 0 Å². The van der Waals surface area contributed by atoms with Crippen molar-refractivity contribution in [2.75, 3.05) is 14.1 Å². The van der Waals surface area contributed by atoms with Gasteiger partial charge in [-0.2, -0.15) is 0 Å². The first-order valence-electron chi connectivity index (χ1n) is 4.22. The van der Waals surface area contributed by atoms with E-state index in [1.807, 2.05) is 0 Å². The molecule has 0 aliphatic carbocycles. The number of hydrogen-bond donors (Lipinski definition) is 4. The first kappa shape index (κ1) is 16.3. The Morgan fingerprint density at radius 1 is 1.20 bits per heavy atom. The van der Waals surface area contributed by atoms with Gasteiger partial charge in [-0.3, -0.25) is 10.2 Å². The van der Waals surface area contributed by atoms with Gasteiger partial charge in [-0.15, -0.1) is 12.6 Å². The molecule has 0 spiro atoms. The average Bonchev–Trinajstić information content (AvgIpc) is 2.34. The lowest BCUT2D eigenvalue weighted by molar-refractivity contribution is -0.102. The van der Waals surface area contributed by atoms with E-state index in [0.717, 1.165) is 4.90 Å². The van der Waals surface area contributed by atoms with Gasteiger partial charge in [0.25, 0.3) is 0 Å². The van der Waals surface area contributed by atoms with Crippen LogP contribution < -0.4 is 11.5 Å². The quantitative estimate of drug-likeness (QED) is 0.340. The average molecular weight is 227 g/mol. The van der Waals surface area contributed by atoms with Gasteiger partial charge >= 0.3 is 0 Å². The van der Waals surface area contributed by atoms with Crippen LogP contribution in [-0.4, -0.2) is 26.1 Å². The number of carbonyl (C=O) groups is 1. The third-order valence-corrected chi connectivity index (χ3v) is 1.59. The SMILES string of the molecule is CN.CN.N=C(C=O)c1ccc(S)cc1. The Balaban J connectivity index is 0. The Hall–Kier alpha value is -1.17. The van der Waals surface area contributed by atoms with Crippen molar-refractivity contribution in [1.82, 2.24) is 0 Å². The maximum atomic E-state index is 10.1. The van der Waals surface area contributed by atoms with E-state index in [4.69, 9.17) is 5.41 Å². The summed E-state index contributed by atoms with van der Waals surface area (Å²) < 4.78 is 0. The lowest BCUT2D eigenvalue weighted by atomic mass is 10.1. The smallest absolute Gasteiger partial charge is 0.168 e. The second kappa shape index (κ2) is 10.9. The molecule has 1 rings (SSSR count). The third-order valence-electron chi connectivity index (χ3n) is 1.30. The van der Waals surface area contributed by atoms with Crippen LogP contribution >= 0.6 is 12.6 Å². The molecular weight excluding hydrogens is 210 g/mol. The molecule has 0 bridgehead atoms. The predicted octanol–water partition coefficient (Wildman–Crippen LogP) is 0.692. The van der Waals surface area contributed by atoms with Crippen LogP contribution in [0.15, 0.2) is 29.2 Å². The van der Waals surface area contributed by atoms with Crippen LogP contribution in [0.5, 0.6) is 0 Å². The van der Waals surface area contributed by atoms with Crippen molar-refractivity contribution in [2.24, 2.45) is 11.5 Å². The number of benzene rings is 1. The Morgan fingerprint density at radius 2 is 1.60 bits per heavy atom. The van der Waals surface area contributed by atoms with Crippen LogP contribution in [0.25, 0.3) is 0 Å². The molecule has 1 aromatic carbocycles. The van der Waals surface area contributed by atoms with Crippen molar-refractivity contribution in [3.63, 3.8) is 0 Å². The zero-order valence-corrected chi connectivity index (χ0v) is 9.79. The fourth-order valence-electron chi connectivity index (χ4n) is 0.709. The van der Waals surface area contributed by atoms with Gasteiger partial charge in [0.05, 0.1) is 0 Å². The molecule has 1 aromatic rings. The maximum Gasteiger partial charge on any atom is 0.168 e. The second-order valence-corrected chi connectivity index (χ2v) is 2.59. The summed E-state index contributed by atoms with van der Waals surface area (Å²) in [6.07, 6.45) is 0.521. The summed E-state index contributed by atoms with van der Waals surface area (Å²) in [4.78, 5) is 11.0. The van der Waals surface area contributed by atoms with Crippen molar-refractivity contribution in [3.05, 3.63) is 29.8 Å². The first-order valence-corrected chi connectivity index (χ1v) is 4.67. The van der Waals surface area contributed by atoms with E-state index in [1.165, 1.54) is 14.1 Å². The molecule has 0 heterocycles. The Bertz CT molecular complexity index is 285. The fraction of sp³-hybridized carbons (Fsp3) is 0.200. The van der Waals surface area contributed by atoms with E-state index in [1.54, 1.807) is 24.3 Å². The fourth-order valence-corrected chi connectivity index (χ4v) is 0.858. The minimum absolute atomic E-state index is 0.00154. The molecule has 84 valence electrons. The predicted molar refractivity (Wildman–Crippen MR) is 66.8 cm³/mol. The van der Waals surface area contributed by atoms with E-state index in [-0.39, 0.29) is 5.71 Å². The summed E-state index contributed by atoms with van der Waals surface area (Å²) in [5.41, 5.74) is 9.62. The molecule has 0 unspecified atom stereocenters. The number of carbonyl (C=O) groups excluding carboxylic acids is 1. The highest BCUT2D eigenvalue weighted by Crippen LogP contribution is 2.07. The highest BCUT2D eigenvalue weighted by Gasteiger charge is 1.96. The molecule has 5 N–H and O–H groups in total. The number of nitrogens with one attached hydrogen (secondary N) is 1. The summed E-state index contributed by atoms with van der Waals surface area (Å²) in [6, 6.07) is 6.88. The van der Waals surface area contributed by atoms with Crippen LogP contribution in [0.3, 0.4) is 0 Å². The number of hydrogen-bond acceptors (Lipinski definition) is 5. The Kier molecular flexibility index (Phi) is 11.8. The van der Waals surface area contributed by atoms with E-state index >= 15 is 0 Å². The van der Waals surface area contributed by atoms with Crippen molar-refractivity contribution < 1.29 is 4.79 Å². The molecule has 0 aromatic heterocycles. The van der Waals surface area contributed by atoms with Gasteiger partial charge in [-0.05, 0) is 26.2 Å². The van der Waals surface area contributed by atoms with Gasteiger partial charge in [0.1, 0.15) is 5.71 Å². The molecule has 0 saturated carbocycles. The van der Waals surface area contributed by atoms with E-state index in [2.05, 4.69) is 24.1 Å². The number of nitrogens with two attached hydrogens (primary N) is 2. The normalized spacial score (nSPS) is 7.53. The van der Waals surface area contributed by atoms with Crippen LogP contribution in [0.1, 0.15) is 5.56 Å². The lowest BCUT2D eigenvalue weighted by Gasteiger charge is -1.95. The highest BCUT2D eigenvalue weighted by molar-refractivity contribution is 7.80. The number of aldehydes is 1. The largest absolute Gasteiger partial charge is 0.333 e. The van der Waals surface area contributed by atoms with Gasteiger partial charge < -0.3 is 11.5 Å². The summed E-state index contributed by atoms with van der Waals surface area (Å²) in [5, 5.41) is 7.16. The van der Waals surface area contributed by atoms with E-state index < -0.39 is 0 Å². The molecule has 0 saturated heterocycles. The van der Waals surface area contributed by atoms with Gasteiger partial charge in [-0.1, -0.05) is 12.1 Å². The van der Waals surface area contributed by atoms with Crippen molar-refractivity contribution >= 4 is 24.6 Å². The first-order chi connectivity index (χ1) is 7.24. The summed E-state index contributed by atoms with van der Waals surface area (Å²) >= 11 is 4.07. The van der Waals surface area contributed by atoms with E-state index in [9.17, 15) is 4.79 Å². The van der Waals surface area contributed by atoms with Crippen LogP contribution in [-0.2, 0) is 4.79 Å². The minimum Gasteiger partial charge on any atom is -0.333 e. The molecule has 0 fully saturated rings. The zero-order valence-electron chi connectivity index (χ0n) is 8.90. The van der Waals surface area contributed by atoms with Crippen LogP contribution in [0.2, 0.25) is 0 Å². The number of thiol groups is 1. The maximum absolute atomic E-state index is 10.1. The standard InChI is InChI=1S/C8H7NOS.2CH5N/c9-8(5-10)6-1-3-7(11)4-2-6;2*1-2/h1-5,9,11H;2*2H2,1H3. The monoisotopic (exact) mass is 227 g/mol. The molecule has 0 atom stereocenters. The van der Waals surface area contributed by atoms with E-state index in [0.29, 0.717) is 11.8 Å². The minimum atomic E-state index is -0.00154. The van der Waals surface area contributed by atoms with Crippen LogP contribution in [0, 0.1) is 5.41 Å². The molecular formula is C10H17N3OS. The number of rotatable bonds is 2. The molecule has 4 nitrogen and oxygen atoms in total. The second-order valence-electron chi connectivity index (χ2n) is 2.08. The molecule has 0 radical (unpaired) electrons. The van der Waals surface area contributed by atoms with Gasteiger partial charge in [0.15, 0.2) is 6.29 Å². The topological polar surface area (TPSA) is 93.0 Å². The Labute approximate surface area is 95.6 Å². The molecule has 5 heteroatoms. The van der Waals surface area contributed by atoms with Crippen molar-refractivity contribution in [1.29, 1.82) is 5.41 Å². The van der Waals surface area contributed by atoms with Gasteiger partial charge in [0.2, 0.25) is 0 Å². The molecule has 0 aliphatic heterocycles. The summed E-state index contributed by atoms with van der Waals surface area (Å²) in [5.74, 6) is 0. The third kappa shape index (κ3) is 6.84. The zero-order chi connectivity index (χ0) is 12.3. The van der Waals surface area contributed by atoms with Crippen LogP contribution in [0.4, 0.5) is 0 Å². The van der Waals surface area contributed by atoms with Crippen molar-refractivity contribution in [3.8, 4) is 0 Å². The lowest BCUT2D eigenvalue weighted by Crippen LogP contribution is -1.98. The summed E-state index contributed by atoms with van der Waals surface area (Å²) in [6.45, 7) is 0. The van der Waals surface area contributed by atoms with Crippen molar-refractivity contribution in [2.45, 2.75) is 4.90 Å². The van der Waals surface area contributed by atoms with Gasteiger partial charge in [0, 0.05) is 10.5 Å². The summed E-state index contributed by atoms with van der Waals surface area (Å²) in [7, 11) is 3.00. The molecule has 0 aliphatic rings. The molecule has 15 heavy (non-hydrogen) atoms.